The number of rotatable bonds is 5. The molecule has 0 atom stereocenters. The molecule has 4 rings (SSSR count). The van der Waals surface area contributed by atoms with Crippen LogP contribution in [0.1, 0.15) is 16.7 Å². The molecule has 0 saturated carbocycles. The molecule has 7 heteroatoms. The Bertz CT molecular complexity index is 1400. The maximum Gasteiger partial charge on any atom is 0.261 e. The van der Waals surface area contributed by atoms with E-state index in [-0.39, 0.29) is 10.5 Å². The topological polar surface area (TPSA) is 96.0 Å². The van der Waals surface area contributed by atoms with Gasteiger partial charge < -0.3 is 4.42 Å². The van der Waals surface area contributed by atoms with Crippen LogP contribution in [0, 0.1) is 25.2 Å². The van der Waals surface area contributed by atoms with E-state index in [0.717, 1.165) is 16.8 Å². The summed E-state index contributed by atoms with van der Waals surface area (Å²) in [6.07, 6.45) is 1.61. The van der Waals surface area contributed by atoms with Crippen LogP contribution in [0.2, 0.25) is 0 Å². The molecule has 4 aromatic rings. The van der Waals surface area contributed by atoms with E-state index in [9.17, 15) is 8.42 Å². The van der Waals surface area contributed by atoms with Crippen LogP contribution in [-0.4, -0.2) is 13.4 Å². The fourth-order valence-corrected chi connectivity index (χ4v) is 4.17. The summed E-state index contributed by atoms with van der Waals surface area (Å²) < 4.78 is 33.3. The first-order chi connectivity index (χ1) is 14.9. The van der Waals surface area contributed by atoms with Crippen LogP contribution in [0.5, 0.6) is 0 Å². The zero-order valence-corrected chi connectivity index (χ0v) is 17.8. The highest BCUT2D eigenvalue weighted by Crippen LogP contribution is 2.27. The molecule has 0 aliphatic heterocycles. The molecule has 0 unspecified atom stereocenters. The third kappa shape index (κ3) is 4.34. The van der Waals surface area contributed by atoms with Crippen LogP contribution in [-0.2, 0) is 10.0 Å². The van der Waals surface area contributed by atoms with Crippen molar-refractivity contribution in [3.05, 3.63) is 89.7 Å². The first-order valence-electron chi connectivity index (χ1n) is 9.52. The second-order valence-corrected chi connectivity index (χ2v) is 8.84. The molecule has 1 heterocycles. The summed E-state index contributed by atoms with van der Waals surface area (Å²) in [7, 11) is -3.80. The van der Waals surface area contributed by atoms with E-state index in [1.54, 1.807) is 36.6 Å². The molecule has 1 N–H and O–H groups in total. The van der Waals surface area contributed by atoms with Crippen molar-refractivity contribution in [2.24, 2.45) is 0 Å². The molecule has 0 fully saturated rings. The fraction of sp³-hybridized carbons (Fsp3) is 0.0833. The van der Waals surface area contributed by atoms with Gasteiger partial charge in [0.1, 0.15) is 12.0 Å². The van der Waals surface area contributed by atoms with E-state index in [1.165, 1.54) is 29.3 Å². The molecule has 0 saturated heterocycles. The summed E-state index contributed by atoms with van der Waals surface area (Å²) in [5.41, 5.74) is 5.50. The Morgan fingerprint density at radius 3 is 2.39 bits per heavy atom. The van der Waals surface area contributed by atoms with Crippen molar-refractivity contribution in [2.75, 3.05) is 4.72 Å². The minimum absolute atomic E-state index is 0.0290. The van der Waals surface area contributed by atoms with E-state index in [4.69, 9.17) is 9.68 Å². The Balaban J connectivity index is 1.54. The van der Waals surface area contributed by atoms with Gasteiger partial charge in [-0.25, -0.2) is 13.4 Å². The van der Waals surface area contributed by atoms with Crippen molar-refractivity contribution in [2.45, 2.75) is 18.7 Å². The molecule has 0 bridgehead atoms. The quantitative estimate of drug-likeness (QED) is 0.464. The Hall–Kier alpha value is -3.89. The number of sulfonamides is 1. The van der Waals surface area contributed by atoms with Gasteiger partial charge in [-0.15, -0.1) is 0 Å². The lowest BCUT2D eigenvalue weighted by atomic mass is 10.1. The van der Waals surface area contributed by atoms with Gasteiger partial charge in [0.05, 0.1) is 16.5 Å². The number of hydrogen-bond acceptors (Lipinski definition) is 5. The molecule has 3 aromatic carbocycles. The lowest BCUT2D eigenvalue weighted by Crippen LogP contribution is -2.13. The van der Waals surface area contributed by atoms with Crippen LogP contribution < -0.4 is 4.72 Å². The van der Waals surface area contributed by atoms with Gasteiger partial charge in [-0.05, 0) is 73.5 Å². The van der Waals surface area contributed by atoms with Crippen molar-refractivity contribution < 1.29 is 12.8 Å². The van der Waals surface area contributed by atoms with Crippen LogP contribution in [0.3, 0.4) is 0 Å². The third-order valence-electron chi connectivity index (χ3n) is 4.96. The molecule has 1 aromatic heterocycles. The van der Waals surface area contributed by atoms with Gasteiger partial charge in [0.2, 0.25) is 5.89 Å². The monoisotopic (exact) mass is 429 g/mol. The van der Waals surface area contributed by atoms with Crippen molar-refractivity contribution in [1.29, 1.82) is 5.26 Å². The fourth-order valence-electron chi connectivity index (χ4n) is 3.07. The lowest BCUT2D eigenvalue weighted by Gasteiger charge is -2.08. The van der Waals surface area contributed by atoms with E-state index < -0.39 is 10.0 Å². The van der Waals surface area contributed by atoms with E-state index >= 15 is 0 Å². The molecule has 0 aliphatic carbocycles. The highest BCUT2D eigenvalue weighted by molar-refractivity contribution is 7.92. The van der Waals surface area contributed by atoms with Gasteiger partial charge in [-0.3, -0.25) is 4.72 Å². The highest BCUT2D eigenvalue weighted by Gasteiger charge is 2.15. The number of nitrogens with zero attached hydrogens (tertiary/aromatic N) is 2. The van der Waals surface area contributed by atoms with Crippen molar-refractivity contribution in [3.63, 3.8) is 0 Å². The third-order valence-corrected chi connectivity index (χ3v) is 6.34. The van der Waals surface area contributed by atoms with Crippen molar-refractivity contribution in [1.82, 2.24) is 4.98 Å². The van der Waals surface area contributed by atoms with E-state index in [0.29, 0.717) is 11.6 Å². The van der Waals surface area contributed by atoms with Crippen LogP contribution >= 0.6 is 0 Å². The molecule has 31 heavy (non-hydrogen) atoms. The number of oxazole rings is 1. The second-order valence-electron chi connectivity index (χ2n) is 7.16. The van der Waals surface area contributed by atoms with Gasteiger partial charge in [-0.1, -0.05) is 18.2 Å². The number of aryl methyl sites for hydroxylation is 2. The van der Waals surface area contributed by atoms with Crippen molar-refractivity contribution in [3.8, 4) is 28.8 Å². The van der Waals surface area contributed by atoms with Crippen LogP contribution in [0.25, 0.3) is 22.7 Å². The zero-order chi connectivity index (χ0) is 22.0. The Morgan fingerprint density at radius 2 is 1.68 bits per heavy atom. The van der Waals surface area contributed by atoms with Crippen molar-refractivity contribution >= 4 is 15.7 Å². The summed E-state index contributed by atoms with van der Waals surface area (Å²) in [4.78, 5) is 4.59. The number of hydrogen-bond donors (Lipinski definition) is 1. The van der Waals surface area contributed by atoms with Gasteiger partial charge in [0, 0.05) is 16.8 Å². The van der Waals surface area contributed by atoms with Crippen LogP contribution in [0.4, 0.5) is 5.69 Å². The average Bonchev–Trinajstić information content (AvgIpc) is 3.26. The van der Waals surface area contributed by atoms with E-state index in [2.05, 4.69) is 29.6 Å². The molecule has 154 valence electrons. The summed E-state index contributed by atoms with van der Waals surface area (Å²) in [5.74, 6) is 0.448. The summed E-state index contributed by atoms with van der Waals surface area (Å²) in [6, 6.07) is 20.7. The minimum Gasteiger partial charge on any atom is -0.444 e. The molecular weight excluding hydrogens is 410 g/mol. The molecule has 0 amide bonds. The van der Waals surface area contributed by atoms with Gasteiger partial charge in [-0.2, -0.15) is 5.26 Å². The summed E-state index contributed by atoms with van der Waals surface area (Å²) in [6.45, 7) is 4.11. The summed E-state index contributed by atoms with van der Waals surface area (Å²) in [5, 5.41) is 8.98. The second kappa shape index (κ2) is 8.09. The Labute approximate surface area is 180 Å². The molecular formula is C24H19N3O3S. The van der Waals surface area contributed by atoms with E-state index in [1.807, 2.05) is 18.2 Å². The van der Waals surface area contributed by atoms with Gasteiger partial charge in [0.15, 0.2) is 0 Å². The van der Waals surface area contributed by atoms with Crippen LogP contribution in [0.15, 0.2) is 82.3 Å². The number of anilines is 1. The first kappa shape index (κ1) is 20.4. The number of nitriles is 1. The predicted molar refractivity (Wildman–Crippen MR) is 119 cm³/mol. The SMILES string of the molecule is Cc1ccc(-c2coc(-c3ccc(NS(=O)(=O)c4cccc(C#N)c4)cc3)n2)cc1C. The maximum atomic E-state index is 12.6. The molecule has 0 radical (unpaired) electrons. The average molecular weight is 430 g/mol. The predicted octanol–water partition coefficient (Wildman–Crippen LogP) is 5.30. The smallest absolute Gasteiger partial charge is 0.261 e. The Morgan fingerprint density at radius 1 is 0.935 bits per heavy atom. The molecule has 6 nitrogen and oxygen atoms in total. The summed E-state index contributed by atoms with van der Waals surface area (Å²) >= 11 is 0. The Kier molecular flexibility index (Phi) is 5.32. The maximum absolute atomic E-state index is 12.6. The number of aromatic nitrogens is 1. The lowest BCUT2D eigenvalue weighted by molar-refractivity contribution is 0.575. The largest absolute Gasteiger partial charge is 0.444 e. The van der Waals surface area contributed by atoms with Gasteiger partial charge >= 0.3 is 0 Å². The highest BCUT2D eigenvalue weighted by atomic mass is 32.2. The minimum atomic E-state index is -3.80. The molecule has 0 spiro atoms. The zero-order valence-electron chi connectivity index (χ0n) is 17.0. The first-order valence-corrected chi connectivity index (χ1v) is 11.0. The number of nitrogens with one attached hydrogen (secondary N) is 1. The standard InChI is InChI=1S/C24H19N3O3S/c1-16-6-7-20(12-17(16)2)23-15-30-24(26-23)19-8-10-21(11-9-19)27-31(28,29)22-5-3-4-18(13-22)14-25/h3-13,15,27H,1-2H3. The number of benzene rings is 3. The normalized spacial score (nSPS) is 11.1. The molecule has 0 aliphatic rings. The van der Waals surface area contributed by atoms with Gasteiger partial charge in [0.25, 0.3) is 10.0 Å².